The summed E-state index contributed by atoms with van der Waals surface area (Å²) in [6.07, 6.45) is 2.46. The summed E-state index contributed by atoms with van der Waals surface area (Å²) in [7, 11) is 0. The maximum Gasteiger partial charge on any atom is 0.258 e. The molecule has 0 aliphatic carbocycles. The first-order valence-corrected chi connectivity index (χ1v) is 10.7. The number of thiophene rings is 1. The summed E-state index contributed by atoms with van der Waals surface area (Å²) in [4.78, 5) is 16.2. The van der Waals surface area contributed by atoms with Crippen LogP contribution in [0.1, 0.15) is 41.8 Å². The van der Waals surface area contributed by atoms with E-state index in [2.05, 4.69) is 34.7 Å². The minimum Gasteiger partial charge on any atom is -0.483 e. The van der Waals surface area contributed by atoms with Gasteiger partial charge in [0.15, 0.2) is 6.61 Å². The predicted molar refractivity (Wildman–Crippen MR) is 111 cm³/mol. The maximum absolute atomic E-state index is 12.4. The highest BCUT2D eigenvalue weighted by atomic mass is 32.1. The van der Waals surface area contributed by atoms with Crippen LogP contribution in [0.3, 0.4) is 0 Å². The van der Waals surface area contributed by atoms with E-state index in [4.69, 9.17) is 4.74 Å². The number of carbonyl (C=O) groups is 1. The number of amides is 1. The van der Waals surface area contributed by atoms with Gasteiger partial charge in [-0.2, -0.15) is 0 Å². The number of benzene rings is 1. The zero-order valence-corrected chi connectivity index (χ0v) is 17.3. The van der Waals surface area contributed by atoms with Crippen molar-refractivity contribution in [3.63, 3.8) is 0 Å². The second kappa shape index (κ2) is 9.38. The fourth-order valence-electron chi connectivity index (χ4n) is 3.52. The number of carbonyl (C=O) groups excluding carboxylic acids is 1. The molecule has 0 radical (unpaired) electrons. The standard InChI is InChI=1S/C22H30N2O2S/c1-16-9-11-24(12-10-16)19(21-8-5-13-27-21)14-23-22(25)15-26-20-7-4-6-17(2)18(20)3/h4-8,13,16,19H,9-12,14-15H2,1-3H3,(H,23,25). The zero-order chi connectivity index (χ0) is 19.2. The lowest BCUT2D eigenvalue weighted by Crippen LogP contribution is -2.42. The smallest absolute Gasteiger partial charge is 0.258 e. The Morgan fingerprint density at radius 1 is 1.26 bits per heavy atom. The van der Waals surface area contributed by atoms with Crippen molar-refractivity contribution in [2.45, 2.75) is 39.7 Å². The van der Waals surface area contributed by atoms with E-state index in [-0.39, 0.29) is 18.6 Å². The van der Waals surface area contributed by atoms with Crippen LogP contribution in [-0.2, 0) is 4.79 Å². The van der Waals surface area contributed by atoms with Crippen LogP contribution in [0.15, 0.2) is 35.7 Å². The summed E-state index contributed by atoms with van der Waals surface area (Å²) in [5.74, 6) is 1.51. The van der Waals surface area contributed by atoms with Gasteiger partial charge in [-0.25, -0.2) is 0 Å². The van der Waals surface area contributed by atoms with Gasteiger partial charge in [-0.15, -0.1) is 11.3 Å². The maximum atomic E-state index is 12.4. The van der Waals surface area contributed by atoms with Crippen LogP contribution in [0, 0.1) is 19.8 Å². The minimum absolute atomic E-state index is 0.0541. The van der Waals surface area contributed by atoms with E-state index in [1.807, 2.05) is 32.0 Å². The Balaban J connectivity index is 1.55. The van der Waals surface area contributed by atoms with E-state index >= 15 is 0 Å². The molecule has 4 nitrogen and oxygen atoms in total. The molecule has 1 atom stereocenters. The van der Waals surface area contributed by atoms with Crippen LogP contribution in [0.2, 0.25) is 0 Å². The quantitative estimate of drug-likeness (QED) is 0.770. The summed E-state index contributed by atoms with van der Waals surface area (Å²) < 4.78 is 5.74. The van der Waals surface area contributed by atoms with Crippen molar-refractivity contribution in [1.29, 1.82) is 0 Å². The van der Waals surface area contributed by atoms with Crippen molar-refractivity contribution >= 4 is 17.2 Å². The van der Waals surface area contributed by atoms with Crippen molar-refractivity contribution in [3.8, 4) is 5.75 Å². The van der Waals surface area contributed by atoms with Crippen molar-refractivity contribution in [2.75, 3.05) is 26.2 Å². The first-order valence-electron chi connectivity index (χ1n) is 9.77. The Morgan fingerprint density at radius 2 is 2.04 bits per heavy atom. The number of piperidine rings is 1. The molecule has 1 fully saturated rings. The third kappa shape index (κ3) is 5.33. The monoisotopic (exact) mass is 386 g/mol. The molecule has 0 saturated carbocycles. The van der Waals surface area contributed by atoms with E-state index in [1.54, 1.807) is 11.3 Å². The topological polar surface area (TPSA) is 41.6 Å². The van der Waals surface area contributed by atoms with Gasteiger partial charge in [-0.3, -0.25) is 9.69 Å². The average Bonchev–Trinajstić information content (AvgIpc) is 3.19. The molecule has 1 saturated heterocycles. The molecule has 146 valence electrons. The number of hydrogen-bond acceptors (Lipinski definition) is 4. The number of nitrogens with zero attached hydrogens (tertiary/aromatic N) is 1. The van der Waals surface area contributed by atoms with Gasteiger partial charge in [0.25, 0.3) is 5.91 Å². The normalized spacial score (nSPS) is 16.9. The second-order valence-corrected chi connectivity index (χ2v) is 8.52. The zero-order valence-electron chi connectivity index (χ0n) is 16.5. The Morgan fingerprint density at radius 3 is 2.74 bits per heavy atom. The van der Waals surface area contributed by atoms with Crippen molar-refractivity contribution in [2.24, 2.45) is 5.92 Å². The Bertz CT molecular complexity index is 737. The van der Waals surface area contributed by atoms with Gasteiger partial charge in [-0.1, -0.05) is 25.1 Å². The van der Waals surface area contributed by atoms with E-state index in [0.29, 0.717) is 6.54 Å². The van der Waals surface area contributed by atoms with Gasteiger partial charge in [0.1, 0.15) is 5.75 Å². The van der Waals surface area contributed by atoms with Crippen molar-refractivity contribution in [1.82, 2.24) is 10.2 Å². The highest BCUT2D eigenvalue weighted by molar-refractivity contribution is 7.10. The number of nitrogens with one attached hydrogen (secondary N) is 1. The third-order valence-electron chi connectivity index (χ3n) is 5.54. The van der Waals surface area contributed by atoms with Crippen molar-refractivity contribution in [3.05, 3.63) is 51.7 Å². The molecule has 1 aromatic carbocycles. The average molecular weight is 387 g/mol. The van der Waals surface area contributed by atoms with Gasteiger partial charge >= 0.3 is 0 Å². The van der Waals surface area contributed by atoms with E-state index in [1.165, 1.54) is 23.3 Å². The van der Waals surface area contributed by atoms with Crippen LogP contribution in [0.25, 0.3) is 0 Å². The largest absolute Gasteiger partial charge is 0.483 e. The minimum atomic E-state index is -0.0668. The number of aryl methyl sites for hydroxylation is 1. The molecule has 3 rings (SSSR count). The molecular weight excluding hydrogens is 356 g/mol. The fourth-order valence-corrected chi connectivity index (χ4v) is 4.38. The number of rotatable bonds is 7. The number of ether oxygens (including phenoxy) is 1. The van der Waals surface area contributed by atoms with Crippen molar-refractivity contribution < 1.29 is 9.53 Å². The second-order valence-electron chi connectivity index (χ2n) is 7.54. The van der Waals surface area contributed by atoms with Gasteiger partial charge in [0.05, 0.1) is 6.04 Å². The summed E-state index contributed by atoms with van der Waals surface area (Å²) in [6, 6.07) is 10.4. The SMILES string of the molecule is Cc1cccc(OCC(=O)NCC(c2cccs2)N2CCC(C)CC2)c1C. The fraction of sp³-hybridized carbons (Fsp3) is 0.500. The first kappa shape index (κ1) is 19.9. The molecule has 5 heteroatoms. The van der Waals surface area contributed by atoms with E-state index in [0.717, 1.165) is 30.3 Å². The predicted octanol–water partition coefficient (Wildman–Crippen LogP) is 4.33. The number of hydrogen-bond donors (Lipinski definition) is 1. The molecule has 1 aromatic heterocycles. The molecule has 2 heterocycles. The first-order chi connectivity index (χ1) is 13.0. The molecular formula is C22H30N2O2S. The molecule has 1 unspecified atom stereocenters. The van der Waals surface area contributed by atoms with Crippen LogP contribution in [-0.4, -0.2) is 37.0 Å². The molecule has 1 aliphatic heterocycles. The van der Waals surface area contributed by atoms with Gasteiger partial charge in [0, 0.05) is 11.4 Å². The van der Waals surface area contributed by atoms with Gasteiger partial charge < -0.3 is 10.1 Å². The highest BCUT2D eigenvalue weighted by Crippen LogP contribution is 2.29. The molecule has 0 bridgehead atoms. The molecule has 1 amide bonds. The van der Waals surface area contributed by atoms with Crippen LogP contribution in [0.5, 0.6) is 5.75 Å². The molecule has 27 heavy (non-hydrogen) atoms. The van der Waals surface area contributed by atoms with Crippen LogP contribution >= 0.6 is 11.3 Å². The Hall–Kier alpha value is -1.85. The lowest BCUT2D eigenvalue weighted by atomic mass is 9.97. The van der Waals surface area contributed by atoms with Gasteiger partial charge in [-0.05, 0) is 74.3 Å². The van der Waals surface area contributed by atoms with E-state index in [9.17, 15) is 4.79 Å². The van der Waals surface area contributed by atoms with Crippen LogP contribution < -0.4 is 10.1 Å². The lowest BCUT2D eigenvalue weighted by molar-refractivity contribution is -0.123. The van der Waals surface area contributed by atoms with Gasteiger partial charge in [0.2, 0.25) is 0 Å². The Labute approximate surface area is 166 Å². The Kier molecular flexibility index (Phi) is 6.91. The molecule has 0 spiro atoms. The summed E-state index contributed by atoms with van der Waals surface area (Å²) >= 11 is 1.77. The molecule has 2 aromatic rings. The van der Waals surface area contributed by atoms with Crippen LogP contribution in [0.4, 0.5) is 0 Å². The number of likely N-dealkylation sites (tertiary alicyclic amines) is 1. The lowest BCUT2D eigenvalue weighted by Gasteiger charge is -2.36. The molecule has 1 aliphatic rings. The third-order valence-corrected chi connectivity index (χ3v) is 6.51. The summed E-state index contributed by atoms with van der Waals surface area (Å²) in [5.41, 5.74) is 2.26. The summed E-state index contributed by atoms with van der Waals surface area (Å²) in [6.45, 7) is 9.27. The highest BCUT2D eigenvalue weighted by Gasteiger charge is 2.25. The summed E-state index contributed by atoms with van der Waals surface area (Å²) in [5, 5.41) is 5.20. The molecule has 1 N–H and O–H groups in total. The van der Waals surface area contributed by atoms with E-state index < -0.39 is 0 Å².